The molecule has 5 rings (SSSR count). The summed E-state index contributed by atoms with van der Waals surface area (Å²) < 4.78 is 12.1. The van der Waals surface area contributed by atoms with Crippen molar-refractivity contribution in [2.45, 2.75) is 37.9 Å². The first-order valence-corrected chi connectivity index (χ1v) is 12.6. The van der Waals surface area contributed by atoms with Gasteiger partial charge < -0.3 is 24.4 Å². The summed E-state index contributed by atoms with van der Waals surface area (Å²) in [4.78, 5) is 30.6. The van der Waals surface area contributed by atoms with Crippen molar-refractivity contribution in [3.8, 4) is 17.1 Å². The van der Waals surface area contributed by atoms with Gasteiger partial charge in [-0.25, -0.2) is 9.97 Å². The molecule has 1 amide bonds. The van der Waals surface area contributed by atoms with E-state index in [0.29, 0.717) is 49.5 Å². The largest absolute Gasteiger partial charge is 0.473 e. The molecule has 0 radical (unpaired) electrons. The highest BCUT2D eigenvalue weighted by Gasteiger charge is 2.32. The molecular formula is C27H33N5O4. The number of pyridine rings is 1. The number of anilines is 1. The molecule has 2 fully saturated rings. The maximum Gasteiger partial charge on any atom is 0.242 e. The Balaban J connectivity index is 1.30. The van der Waals surface area contributed by atoms with Crippen LogP contribution >= 0.6 is 0 Å². The number of carbonyl (C=O) groups is 1. The van der Waals surface area contributed by atoms with Crippen LogP contribution in [-0.4, -0.2) is 83.5 Å². The molecule has 9 heteroatoms. The summed E-state index contributed by atoms with van der Waals surface area (Å²) in [7, 11) is 4.01. The minimum Gasteiger partial charge on any atom is -0.473 e. The SMILES string of the molecule is CN(C)c1ccc(-c2cc3nccnc3c(OC[C@@H]3CN(C(=O)C4CCC(O)CC4)CCO3)n2)cc1. The Morgan fingerprint density at radius 2 is 1.89 bits per heavy atom. The molecule has 1 atom stereocenters. The minimum atomic E-state index is -0.271. The lowest BCUT2D eigenvalue weighted by Gasteiger charge is -2.36. The number of hydrogen-bond donors (Lipinski definition) is 1. The zero-order chi connectivity index (χ0) is 25.1. The van der Waals surface area contributed by atoms with Crippen molar-refractivity contribution in [1.82, 2.24) is 19.9 Å². The Hall–Kier alpha value is -3.30. The van der Waals surface area contributed by atoms with E-state index in [1.165, 1.54) is 0 Å². The van der Waals surface area contributed by atoms with Crippen molar-refractivity contribution in [1.29, 1.82) is 0 Å². The molecule has 1 aliphatic carbocycles. The average Bonchev–Trinajstić information content (AvgIpc) is 2.92. The van der Waals surface area contributed by atoms with Crippen molar-refractivity contribution < 1.29 is 19.4 Å². The van der Waals surface area contributed by atoms with Gasteiger partial charge in [-0.2, -0.15) is 0 Å². The second kappa shape index (κ2) is 10.8. The van der Waals surface area contributed by atoms with Gasteiger partial charge in [0.1, 0.15) is 12.7 Å². The molecule has 0 spiro atoms. The first-order valence-electron chi connectivity index (χ1n) is 12.6. The van der Waals surface area contributed by atoms with Gasteiger partial charge in [0.2, 0.25) is 11.8 Å². The van der Waals surface area contributed by atoms with Gasteiger partial charge in [0.05, 0.1) is 30.5 Å². The standard InChI is InChI=1S/C27H33N5O4/c1-31(2)20-7-3-18(4-8-20)23-15-24-25(29-12-11-28-24)26(30-23)36-17-22-16-32(13-14-35-22)27(34)19-5-9-21(33)10-6-19/h3-4,7-8,11-12,15,19,21-22,33H,5-6,9-10,13-14,16-17H2,1-2H3/t19?,21?,22-/m0/s1. The van der Waals surface area contributed by atoms with Gasteiger partial charge in [0.15, 0.2) is 5.52 Å². The lowest BCUT2D eigenvalue weighted by molar-refractivity contribution is -0.145. The Kier molecular flexibility index (Phi) is 7.29. The quantitative estimate of drug-likeness (QED) is 0.562. The fourth-order valence-corrected chi connectivity index (χ4v) is 4.90. The summed E-state index contributed by atoms with van der Waals surface area (Å²) >= 11 is 0. The van der Waals surface area contributed by atoms with Gasteiger partial charge >= 0.3 is 0 Å². The number of nitrogens with zero attached hydrogens (tertiary/aromatic N) is 5. The maximum atomic E-state index is 13.0. The zero-order valence-corrected chi connectivity index (χ0v) is 20.8. The summed E-state index contributed by atoms with van der Waals surface area (Å²) in [6.07, 6.45) is 5.64. The fraction of sp³-hybridized carbons (Fsp3) is 0.481. The van der Waals surface area contributed by atoms with Crippen molar-refractivity contribution in [3.63, 3.8) is 0 Å². The van der Waals surface area contributed by atoms with Crippen LogP contribution in [0.25, 0.3) is 22.3 Å². The number of carbonyl (C=O) groups excluding carboxylic acids is 1. The lowest BCUT2D eigenvalue weighted by Crippen LogP contribution is -2.50. The molecule has 0 bridgehead atoms. The van der Waals surface area contributed by atoms with Crippen molar-refractivity contribution in [2.24, 2.45) is 5.92 Å². The van der Waals surface area contributed by atoms with Crippen LogP contribution in [0.4, 0.5) is 5.69 Å². The van der Waals surface area contributed by atoms with Crippen LogP contribution in [0, 0.1) is 5.92 Å². The van der Waals surface area contributed by atoms with E-state index < -0.39 is 0 Å². The van der Waals surface area contributed by atoms with Crippen LogP contribution in [-0.2, 0) is 9.53 Å². The lowest BCUT2D eigenvalue weighted by atomic mass is 9.86. The zero-order valence-electron chi connectivity index (χ0n) is 20.8. The molecule has 2 aromatic heterocycles. The van der Waals surface area contributed by atoms with Gasteiger partial charge in [-0.05, 0) is 43.9 Å². The van der Waals surface area contributed by atoms with Gasteiger partial charge in [-0.1, -0.05) is 12.1 Å². The number of amides is 1. The predicted molar refractivity (Wildman–Crippen MR) is 137 cm³/mol. The van der Waals surface area contributed by atoms with E-state index in [2.05, 4.69) is 9.97 Å². The predicted octanol–water partition coefficient (Wildman–Crippen LogP) is 2.92. The molecule has 9 nitrogen and oxygen atoms in total. The van der Waals surface area contributed by atoms with Gasteiger partial charge in [-0.3, -0.25) is 9.78 Å². The molecule has 1 aliphatic heterocycles. The molecule has 3 aromatic rings. The number of rotatable bonds is 6. The fourth-order valence-electron chi connectivity index (χ4n) is 4.90. The molecule has 190 valence electrons. The van der Waals surface area contributed by atoms with E-state index in [1.54, 1.807) is 12.4 Å². The molecule has 1 N–H and O–H groups in total. The number of aromatic nitrogens is 3. The number of ether oxygens (including phenoxy) is 2. The topological polar surface area (TPSA) is 101 Å². The summed E-state index contributed by atoms with van der Waals surface area (Å²) in [6, 6.07) is 10.1. The Labute approximate surface area is 211 Å². The van der Waals surface area contributed by atoms with Gasteiger partial charge in [-0.15, -0.1) is 0 Å². The average molecular weight is 492 g/mol. The molecule has 1 saturated heterocycles. The van der Waals surface area contributed by atoms with E-state index in [1.807, 2.05) is 54.2 Å². The van der Waals surface area contributed by atoms with Crippen molar-refractivity contribution in [3.05, 3.63) is 42.7 Å². The van der Waals surface area contributed by atoms with Crippen molar-refractivity contribution in [2.75, 3.05) is 45.3 Å². The summed E-state index contributed by atoms with van der Waals surface area (Å²) in [5.41, 5.74) is 4.12. The van der Waals surface area contributed by atoms with Crippen LogP contribution in [0.1, 0.15) is 25.7 Å². The number of benzene rings is 1. The Bertz CT molecular complexity index is 1190. The van der Waals surface area contributed by atoms with Crippen molar-refractivity contribution >= 4 is 22.6 Å². The summed E-state index contributed by atoms with van der Waals surface area (Å²) in [6.45, 7) is 1.79. The molecular weight excluding hydrogens is 458 g/mol. The molecule has 0 unspecified atom stereocenters. The Morgan fingerprint density at radius 1 is 1.14 bits per heavy atom. The maximum absolute atomic E-state index is 13.0. The second-order valence-electron chi connectivity index (χ2n) is 9.77. The van der Waals surface area contributed by atoms with Gasteiger partial charge in [0.25, 0.3) is 0 Å². The second-order valence-corrected chi connectivity index (χ2v) is 9.77. The third-order valence-corrected chi connectivity index (χ3v) is 7.01. The van der Waals surface area contributed by atoms with E-state index in [-0.39, 0.29) is 30.6 Å². The third kappa shape index (κ3) is 5.42. The van der Waals surface area contributed by atoms with E-state index in [0.717, 1.165) is 29.8 Å². The monoisotopic (exact) mass is 491 g/mol. The molecule has 1 aromatic carbocycles. The number of aliphatic hydroxyl groups excluding tert-OH is 1. The highest BCUT2D eigenvalue weighted by Crippen LogP contribution is 2.29. The number of aliphatic hydroxyl groups is 1. The molecule has 1 saturated carbocycles. The summed E-state index contributed by atoms with van der Waals surface area (Å²) in [5, 5.41) is 9.76. The number of fused-ring (bicyclic) bond motifs is 1. The van der Waals surface area contributed by atoms with Crippen LogP contribution < -0.4 is 9.64 Å². The first kappa shape index (κ1) is 24.4. The van der Waals surface area contributed by atoms with E-state index >= 15 is 0 Å². The van der Waals surface area contributed by atoms with Crippen LogP contribution in [0.2, 0.25) is 0 Å². The first-order chi connectivity index (χ1) is 17.5. The molecule has 36 heavy (non-hydrogen) atoms. The number of morpholine rings is 1. The molecule has 2 aliphatic rings. The van der Waals surface area contributed by atoms with E-state index in [4.69, 9.17) is 14.5 Å². The number of hydrogen-bond acceptors (Lipinski definition) is 8. The van der Waals surface area contributed by atoms with Gasteiger partial charge in [0, 0.05) is 50.2 Å². The van der Waals surface area contributed by atoms with Crippen LogP contribution in [0.15, 0.2) is 42.7 Å². The third-order valence-electron chi connectivity index (χ3n) is 7.01. The van der Waals surface area contributed by atoms with E-state index in [9.17, 15) is 9.90 Å². The highest BCUT2D eigenvalue weighted by molar-refractivity contribution is 5.83. The summed E-state index contributed by atoms with van der Waals surface area (Å²) in [5.74, 6) is 0.554. The van der Waals surface area contributed by atoms with Crippen LogP contribution in [0.5, 0.6) is 5.88 Å². The highest BCUT2D eigenvalue weighted by atomic mass is 16.5. The Morgan fingerprint density at radius 3 is 2.64 bits per heavy atom. The minimum absolute atomic E-state index is 0.00970. The molecule has 3 heterocycles. The smallest absolute Gasteiger partial charge is 0.242 e. The van der Waals surface area contributed by atoms with Crippen LogP contribution in [0.3, 0.4) is 0 Å². The normalized spacial score (nSPS) is 22.4.